The van der Waals surface area contributed by atoms with Gasteiger partial charge in [0.2, 0.25) is 5.95 Å². The maximum absolute atomic E-state index is 5.71. The van der Waals surface area contributed by atoms with Crippen molar-refractivity contribution in [2.75, 3.05) is 17.6 Å². The van der Waals surface area contributed by atoms with Crippen LogP contribution in [-0.2, 0) is 0 Å². The van der Waals surface area contributed by atoms with Crippen molar-refractivity contribution in [1.82, 2.24) is 20.2 Å². The predicted octanol–water partition coefficient (Wildman–Crippen LogP) is 2.56. The summed E-state index contributed by atoms with van der Waals surface area (Å²) < 4.78 is 0. The van der Waals surface area contributed by atoms with Crippen molar-refractivity contribution in [3.8, 4) is 0 Å². The van der Waals surface area contributed by atoms with Crippen LogP contribution in [0.1, 0.15) is 39.0 Å². The Morgan fingerprint density at radius 1 is 1.40 bits per heavy atom. The molecule has 108 valence electrons. The van der Waals surface area contributed by atoms with Crippen molar-refractivity contribution in [2.45, 2.75) is 39.0 Å². The van der Waals surface area contributed by atoms with Gasteiger partial charge in [0.25, 0.3) is 0 Å². The standard InChI is InChI=1S/C14H22N6/c1-9-3-2-4-10(7-9)5-6-16-12-11-8-17-20-13(11)19-14(15)18-12/h8-10H,2-7H2,1H3,(H4,15,16,17,18,19,20). The Bertz CT molecular complexity index is 578. The number of H-pyrrole nitrogens is 1. The first-order valence-electron chi connectivity index (χ1n) is 7.43. The number of nitrogens with one attached hydrogen (secondary N) is 2. The Morgan fingerprint density at radius 3 is 3.15 bits per heavy atom. The summed E-state index contributed by atoms with van der Waals surface area (Å²) in [6, 6.07) is 0. The number of hydrogen-bond donors (Lipinski definition) is 3. The molecule has 6 heteroatoms. The van der Waals surface area contributed by atoms with E-state index >= 15 is 0 Å². The van der Waals surface area contributed by atoms with Crippen LogP contribution in [0, 0.1) is 11.8 Å². The van der Waals surface area contributed by atoms with E-state index in [-0.39, 0.29) is 5.95 Å². The van der Waals surface area contributed by atoms with Crippen LogP contribution in [0.4, 0.5) is 11.8 Å². The van der Waals surface area contributed by atoms with Crippen molar-refractivity contribution in [3.63, 3.8) is 0 Å². The van der Waals surface area contributed by atoms with Crippen molar-refractivity contribution in [1.29, 1.82) is 0 Å². The first-order valence-corrected chi connectivity index (χ1v) is 7.43. The molecule has 1 aliphatic rings. The highest BCUT2D eigenvalue weighted by Crippen LogP contribution is 2.30. The number of rotatable bonds is 4. The third-order valence-corrected chi connectivity index (χ3v) is 4.22. The molecule has 2 atom stereocenters. The van der Waals surface area contributed by atoms with Gasteiger partial charge in [0.15, 0.2) is 5.65 Å². The maximum Gasteiger partial charge on any atom is 0.224 e. The smallest absolute Gasteiger partial charge is 0.224 e. The molecular formula is C14H22N6. The second kappa shape index (κ2) is 5.64. The summed E-state index contributed by atoms with van der Waals surface area (Å²) in [5.41, 5.74) is 6.39. The fraction of sp³-hybridized carbons (Fsp3) is 0.643. The van der Waals surface area contributed by atoms with E-state index in [4.69, 9.17) is 5.73 Å². The van der Waals surface area contributed by atoms with Gasteiger partial charge in [-0.3, -0.25) is 5.10 Å². The van der Waals surface area contributed by atoms with Gasteiger partial charge in [0.1, 0.15) is 5.82 Å². The number of fused-ring (bicyclic) bond motifs is 1. The minimum atomic E-state index is 0.274. The normalized spacial score (nSPS) is 23.1. The largest absolute Gasteiger partial charge is 0.369 e. The van der Waals surface area contributed by atoms with Crippen LogP contribution in [0.3, 0.4) is 0 Å². The van der Waals surface area contributed by atoms with E-state index in [1.165, 1.54) is 32.1 Å². The fourth-order valence-electron chi connectivity index (χ4n) is 3.20. The Hall–Kier alpha value is -1.85. The summed E-state index contributed by atoms with van der Waals surface area (Å²) in [5, 5.41) is 11.1. The van der Waals surface area contributed by atoms with Gasteiger partial charge in [-0.05, 0) is 24.7 Å². The van der Waals surface area contributed by atoms with Gasteiger partial charge in [-0.2, -0.15) is 15.1 Å². The molecular weight excluding hydrogens is 252 g/mol. The van der Waals surface area contributed by atoms with Gasteiger partial charge in [0.05, 0.1) is 11.6 Å². The highest BCUT2D eigenvalue weighted by Gasteiger charge is 2.18. The zero-order valence-electron chi connectivity index (χ0n) is 11.9. The van der Waals surface area contributed by atoms with Gasteiger partial charge in [-0.1, -0.05) is 26.2 Å². The molecule has 3 rings (SSSR count). The molecule has 0 saturated heterocycles. The van der Waals surface area contributed by atoms with Crippen LogP contribution in [0.2, 0.25) is 0 Å². The lowest BCUT2D eigenvalue weighted by molar-refractivity contribution is 0.274. The minimum absolute atomic E-state index is 0.274. The molecule has 1 aliphatic carbocycles. The molecule has 4 N–H and O–H groups in total. The molecule has 0 amide bonds. The first kappa shape index (κ1) is 13.1. The second-order valence-electron chi connectivity index (χ2n) is 5.92. The van der Waals surface area contributed by atoms with Gasteiger partial charge in [0, 0.05) is 6.54 Å². The molecule has 1 fully saturated rings. The lowest BCUT2D eigenvalue weighted by atomic mass is 9.81. The van der Waals surface area contributed by atoms with E-state index in [1.807, 2.05) is 0 Å². The lowest BCUT2D eigenvalue weighted by Gasteiger charge is -2.26. The van der Waals surface area contributed by atoms with Crippen molar-refractivity contribution in [2.24, 2.45) is 11.8 Å². The number of nitrogens with two attached hydrogens (primary N) is 1. The van der Waals surface area contributed by atoms with Crippen LogP contribution in [0.15, 0.2) is 6.20 Å². The summed E-state index contributed by atoms with van der Waals surface area (Å²) in [6.45, 7) is 3.29. The molecule has 0 spiro atoms. The van der Waals surface area contributed by atoms with Crippen LogP contribution in [0.25, 0.3) is 11.0 Å². The maximum atomic E-state index is 5.71. The summed E-state index contributed by atoms with van der Waals surface area (Å²) >= 11 is 0. The molecule has 0 aliphatic heterocycles. The monoisotopic (exact) mass is 274 g/mol. The summed E-state index contributed by atoms with van der Waals surface area (Å²) in [4.78, 5) is 8.38. The van der Waals surface area contributed by atoms with E-state index in [0.29, 0.717) is 5.65 Å². The molecule has 20 heavy (non-hydrogen) atoms. The topological polar surface area (TPSA) is 92.5 Å². The quantitative estimate of drug-likeness (QED) is 0.796. The van der Waals surface area contributed by atoms with Gasteiger partial charge < -0.3 is 11.1 Å². The average Bonchev–Trinajstić information content (AvgIpc) is 2.87. The number of aromatic amines is 1. The van der Waals surface area contributed by atoms with Gasteiger partial charge in [-0.25, -0.2) is 0 Å². The third-order valence-electron chi connectivity index (χ3n) is 4.22. The van der Waals surface area contributed by atoms with Crippen LogP contribution < -0.4 is 11.1 Å². The van der Waals surface area contributed by atoms with Gasteiger partial charge >= 0.3 is 0 Å². The molecule has 1 saturated carbocycles. The Morgan fingerprint density at radius 2 is 2.30 bits per heavy atom. The van der Waals surface area contributed by atoms with E-state index in [1.54, 1.807) is 6.20 Å². The molecule has 0 bridgehead atoms. The lowest BCUT2D eigenvalue weighted by Crippen LogP contribution is -2.17. The number of nitrogen functional groups attached to an aromatic ring is 1. The molecule has 0 radical (unpaired) electrons. The number of nitrogens with zero attached hydrogens (tertiary/aromatic N) is 3. The Labute approximate surface area is 118 Å². The molecule has 0 aromatic carbocycles. The number of hydrogen-bond acceptors (Lipinski definition) is 5. The van der Waals surface area contributed by atoms with Crippen molar-refractivity contribution in [3.05, 3.63) is 6.20 Å². The Balaban J connectivity index is 1.61. The van der Waals surface area contributed by atoms with Crippen LogP contribution in [0.5, 0.6) is 0 Å². The van der Waals surface area contributed by atoms with E-state index in [0.717, 1.165) is 29.6 Å². The molecule has 2 aromatic rings. The van der Waals surface area contributed by atoms with E-state index in [9.17, 15) is 0 Å². The average molecular weight is 274 g/mol. The minimum Gasteiger partial charge on any atom is -0.369 e. The predicted molar refractivity (Wildman–Crippen MR) is 80.3 cm³/mol. The molecule has 2 aromatic heterocycles. The van der Waals surface area contributed by atoms with Crippen LogP contribution >= 0.6 is 0 Å². The highest BCUT2D eigenvalue weighted by molar-refractivity contribution is 5.86. The van der Waals surface area contributed by atoms with Gasteiger partial charge in [-0.15, -0.1) is 0 Å². The number of aromatic nitrogens is 4. The zero-order chi connectivity index (χ0) is 13.9. The van der Waals surface area contributed by atoms with Crippen LogP contribution in [-0.4, -0.2) is 26.7 Å². The highest BCUT2D eigenvalue weighted by atomic mass is 15.2. The summed E-state index contributed by atoms with van der Waals surface area (Å²) in [5.74, 6) is 2.77. The van der Waals surface area contributed by atoms with Crippen molar-refractivity contribution >= 4 is 22.8 Å². The zero-order valence-corrected chi connectivity index (χ0v) is 11.9. The SMILES string of the molecule is CC1CCCC(CCNc2nc(N)nc3[nH]ncc23)C1. The fourth-order valence-corrected chi connectivity index (χ4v) is 3.20. The summed E-state index contributed by atoms with van der Waals surface area (Å²) in [6.07, 6.45) is 8.40. The number of anilines is 2. The third kappa shape index (κ3) is 2.84. The Kier molecular flexibility index (Phi) is 3.71. The molecule has 2 unspecified atom stereocenters. The first-order chi connectivity index (χ1) is 9.72. The molecule has 2 heterocycles. The van der Waals surface area contributed by atoms with E-state index in [2.05, 4.69) is 32.4 Å². The van der Waals surface area contributed by atoms with E-state index < -0.39 is 0 Å². The van der Waals surface area contributed by atoms with Crippen molar-refractivity contribution < 1.29 is 0 Å². The second-order valence-corrected chi connectivity index (χ2v) is 5.92. The summed E-state index contributed by atoms with van der Waals surface area (Å²) in [7, 11) is 0. The molecule has 6 nitrogen and oxygen atoms in total.